The lowest BCUT2D eigenvalue weighted by atomic mass is 10.2. The zero-order valence-corrected chi connectivity index (χ0v) is 15.7. The van der Waals surface area contributed by atoms with Gasteiger partial charge in [-0.2, -0.15) is 5.10 Å². The molecule has 0 heterocycles. The van der Waals surface area contributed by atoms with Crippen LogP contribution in [0.2, 0.25) is 0 Å². The molecule has 144 valence electrons. The normalized spacial score (nSPS) is 10.5. The molecule has 2 rings (SSSR count). The average molecular weight is 372 g/mol. The number of hydrogen-bond acceptors (Lipinski definition) is 6. The first kappa shape index (κ1) is 20.1. The fourth-order valence-corrected chi connectivity index (χ4v) is 2.24. The number of hydrogen-bond donors (Lipinski definition) is 1. The van der Waals surface area contributed by atoms with Gasteiger partial charge in [0.05, 0.1) is 26.5 Å². The first-order valence-electron chi connectivity index (χ1n) is 8.65. The van der Waals surface area contributed by atoms with Crippen LogP contribution >= 0.6 is 0 Å². The highest BCUT2D eigenvalue weighted by Crippen LogP contribution is 2.28. The van der Waals surface area contributed by atoms with Gasteiger partial charge in [-0.05, 0) is 49.7 Å². The Morgan fingerprint density at radius 3 is 2.33 bits per heavy atom. The summed E-state index contributed by atoms with van der Waals surface area (Å²) in [5, 5.41) is 3.94. The molecule has 2 aromatic rings. The number of methoxy groups -OCH3 is 1. The van der Waals surface area contributed by atoms with Crippen LogP contribution in [0, 0.1) is 0 Å². The molecular formula is C20H24N2O5. The highest BCUT2D eigenvalue weighted by atomic mass is 16.5. The number of rotatable bonds is 10. The molecule has 0 fully saturated rings. The lowest BCUT2D eigenvalue weighted by Crippen LogP contribution is -2.24. The Morgan fingerprint density at radius 1 is 0.963 bits per heavy atom. The monoisotopic (exact) mass is 372 g/mol. The van der Waals surface area contributed by atoms with Crippen molar-refractivity contribution >= 4 is 12.1 Å². The van der Waals surface area contributed by atoms with Crippen molar-refractivity contribution in [3.63, 3.8) is 0 Å². The van der Waals surface area contributed by atoms with E-state index in [9.17, 15) is 4.79 Å². The molecule has 7 nitrogen and oxygen atoms in total. The van der Waals surface area contributed by atoms with Crippen LogP contribution in [0.3, 0.4) is 0 Å². The second-order valence-electron chi connectivity index (χ2n) is 5.30. The van der Waals surface area contributed by atoms with Gasteiger partial charge >= 0.3 is 0 Å². The summed E-state index contributed by atoms with van der Waals surface area (Å²) in [5.41, 5.74) is 3.19. The number of benzene rings is 2. The second-order valence-corrected chi connectivity index (χ2v) is 5.30. The van der Waals surface area contributed by atoms with Gasteiger partial charge in [0.25, 0.3) is 5.91 Å². The second kappa shape index (κ2) is 10.7. The van der Waals surface area contributed by atoms with E-state index in [1.165, 1.54) is 6.21 Å². The number of amides is 1. The SMILES string of the molecule is CCOc1ccc(/C=N/NC(=O)COc2ccccc2OC)cc1OCC. The van der Waals surface area contributed by atoms with Crippen molar-refractivity contribution in [1.29, 1.82) is 0 Å². The van der Waals surface area contributed by atoms with Gasteiger partial charge in [0.1, 0.15) is 0 Å². The number of carbonyl (C=O) groups is 1. The summed E-state index contributed by atoms with van der Waals surface area (Å²) in [7, 11) is 1.54. The minimum Gasteiger partial charge on any atom is -0.493 e. The largest absolute Gasteiger partial charge is 0.493 e. The van der Waals surface area contributed by atoms with E-state index in [0.29, 0.717) is 36.2 Å². The molecule has 1 N–H and O–H groups in total. The Balaban J connectivity index is 1.90. The van der Waals surface area contributed by atoms with Crippen molar-refractivity contribution in [3.8, 4) is 23.0 Å². The van der Waals surface area contributed by atoms with Crippen LogP contribution in [0.15, 0.2) is 47.6 Å². The molecule has 0 saturated heterocycles. The van der Waals surface area contributed by atoms with E-state index in [2.05, 4.69) is 10.5 Å². The Kier molecular flexibility index (Phi) is 7.96. The summed E-state index contributed by atoms with van der Waals surface area (Å²) in [4.78, 5) is 11.9. The molecule has 0 aliphatic heterocycles. The van der Waals surface area contributed by atoms with Crippen molar-refractivity contribution in [1.82, 2.24) is 5.43 Å². The maximum Gasteiger partial charge on any atom is 0.277 e. The maximum absolute atomic E-state index is 11.9. The molecule has 7 heteroatoms. The van der Waals surface area contributed by atoms with Crippen LogP contribution in [0.1, 0.15) is 19.4 Å². The first-order chi connectivity index (χ1) is 13.2. The molecule has 0 aliphatic rings. The standard InChI is InChI=1S/C20H24N2O5/c1-4-25-18-11-10-15(12-19(18)26-5-2)13-21-22-20(23)14-27-17-9-7-6-8-16(17)24-3/h6-13H,4-5,14H2,1-3H3,(H,22,23)/b21-13+. The Morgan fingerprint density at radius 2 is 1.63 bits per heavy atom. The topological polar surface area (TPSA) is 78.4 Å². The van der Waals surface area contributed by atoms with Gasteiger partial charge in [0.2, 0.25) is 0 Å². The predicted molar refractivity (Wildman–Crippen MR) is 103 cm³/mol. The van der Waals surface area contributed by atoms with Crippen LogP contribution in [-0.2, 0) is 4.79 Å². The van der Waals surface area contributed by atoms with Gasteiger partial charge in [0.15, 0.2) is 29.6 Å². The number of hydrazone groups is 1. The van der Waals surface area contributed by atoms with E-state index < -0.39 is 0 Å². The Hall–Kier alpha value is -3.22. The summed E-state index contributed by atoms with van der Waals surface area (Å²) in [5.74, 6) is 1.98. The van der Waals surface area contributed by atoms with E-state index in [1.807, 2.05) is 32.0 Å². The average Bonchev–Trinajstić information content (AvgIpc) is 2.69. The van der Waals surface area contributed by atoms with Crippen LogP contribution in [0.25, 0.3) is 0 Å². The smallest absolute Gasteiger partial charge is 0.277 e. The van der Waals surface area contributed by atoms with Gasteiger partial charge in [-0.3, -0.25) is 4.79 Å². The quantitative estimate of drug-likeness (QED) is 0.512. The molecule has 0 aliphatic carbocycles. The lowest BCUT2D eigenvalue weighted by Gasteiger charge is -2.11. The van der Waals surface area contributed by atoms with Gasteiger partial charge in [-0.15, -0.1) is 0 Å². The van der Waals surface area contributed by atoms with E-state index in [4.69, 9.17) is 18.9 Å². The third kappa shape index (κ3) is 6.22. The molecular weight excluding hydrogens is 348 g/mol. The molecule has 0 aromatic heterocycles. The summed E-state index contributed by atoms with van der Waals surface area (Å²) in [6.45, 7) is 4.71. The molecule has 1 amide bonds. The highest BCUT2D eigenvalue weighted by Gasteiger charge is 2.07. The number of nitrogens with zero attached hydrogens (tertiary/aromatic N) is 1. The molecule has 27 heavy (non-hydrogen) atoms. The number of carbonyl (C=O) groups excluding carboxylic acids is 1. The van der Waals surface area contributed by atoms with Crippen molar-refractivity contribution in [3.05, 3.63) is 48.0 Å². The molecule has 0 atom stereocenters. The zero-order valence-electron chi connectivity index (χ0n) is 15.7. The van der Waals surface area contributed by atoms with Crippen LogP contribution < -0.4 is 24.4 Å². The predicted octanol–water partition coefficient (Wildman–Crippen LogP) is 3.02. The molecule has 0 spiro atoms. The minimum atomic E-state index is -0.381. The summed E-state index contributed by atoms with van der Waals surface area (Å²) >= 11 is 0. The third-order valence-corrected chi connectivity index (χ3v) is 3.40. The summed E-state index contributed by atoms with van der Waals surface area (Å²) in [6, 6.07) is 12.5. The Bertz CT molecular complexity index is 777. The fraction of sp³-hybridized carbons (Fsp3) is 0.300. The first-order valence-corrected chi connectivity index (χ1v) is 8.65. The minimum absolute atomic E-state index is 0.175. The third-order valence-electron chi connectivity index (χ3n) is 3.40. The summed E-state index contributed by atoms with van der Waals surface area (Å²) < 4.78 is 21.7. The molecule has 0 bridgehead atoms. The van der Waals surface area contributed by atoms with Crippen molar-refractivity contribution in [2.45, 2.75) is 13.8 Å². The van der Waals surface area contributed by atoms with E-state index >= 15 is 0 Å². The van der Waals surface area contributed by atoms with Gasteiger partial charge < -0.3 is 18.9 Å². The molecule has 2 aromatic carbocycles. The van der Waals surface area contributed by atoms with Gasteiger partial charge in [0, 0.05) is 0 Å². The van der Waals surface area contributed by atoms with E-state index in [-0.39, 0.29) is 12.5 Å². The number of ether oxygens (including phenoxy) is 4. The van der Waals surface area contributed by atoms with Crippen molar-refractivity contribution in [2.24, 2.45) is 5.10 Å². The zero-order chi connectivity index (χ0) is 19.5. The fourth-order valence-electron chi connectivity index (χ4n) is 2.24. The van der Waals surface area contributed by atoms with Crippen LogP contribution in [0.4, 0.5) is 0 Å². The molecule has 0 unspecified atom stereocenters. The lowest BCUT2D eigenvalue weighted by molar-refractivity contribution is -0.123. The molecule has 0 saturated carbocycles. The van der Waals surface area contributed by atoms with Gasteiger partial charge in [-0.1, -0.05) is 12.1 Å². The highest BCUT2D eigenvalue weighted by molar-refractivity contribution is 5.83. The maximum atomic E-state index is 11.9. The van der Waals surface area contributed by atoms with Crippen molar-refractivity contribution < 1.29 is 23.7 Å². The molecule has 0 radical (unpaired) electrons. The van der Waals surface area contributed by atoms with Crippen LogP contribution in [0.5, 0.6) is 23.0 Å². The van der Waals surface area contributed by atoms with E-state index in [0.717, 1.165) is 5.56 Å². The van der Waals surface area contributed by atoms with Gasteiger partial charge in [-0.25, -0.2) is 5.43 Å². The Labute approximate surface area is 158 Å². The summed E-state index contributed by atoms with van der Waals surface area (Å²) in [6.07, 6.45) is 1.53. The number of nitrogens with one attached hydrogen (secondary N) is 1. The van der Waals surface area contributed by atoms with Crippen LogP contribution in [-0.4, -0.2) is 39.1 Å². The van der Waals surface area contributed by atoms with E-state index in [1.54, 1.807) is 31.4 Å². The van der Waals surface area contributed by atoms with Crippen molar-refractivity contribution in [2.75, 3.05) is 26.9 Å². The number of para-hydroxylation sites is 2.